The largest absolute Gasteiger partial charge is 0.270 e. The van der Waals surface area contributed by atoms with E-state index in [-0.39, 0.29) is 0 Å². The van der Waals surface area contributed by atoms with Gasteiger partial charge in [0, 0.05) is 12.4 Å². The van der Waals surface area contributed by atoms with E-state index in [1.54, 1.807) is 6.20 Å². The summed E-state index contributed by atoms with van der Waals surface area (Å²) in [5.41, 5.74) is 0. The molecule has 0 atom stereocenters. The molecular formula is C7H13NS. The van der Waals surface area contributed by atoms with Crippen LogP contribution >= 0.6 is 12.6 Å². The predicted molar refractivity (Wildman–Crippen MR) is 46.4 cm³/mol. The molecular weight excluding hydrogens is 130 g/mol. The molecule has 0 aliphatic carbocycles. The first-order chi connectivity index (χ1) is 4.41. The summed E-state index contributed by atoms with van der Waals surface area (Å²) in [6.45, 7) is 3.47. The summed E-state index contributed by atoms with van der Waals surface area (Å²) in [5.74, 6) is 0.974. The highest BCUT2D eigenvalue weighted by Gasteiger charge is 1.80. The van der Waals surface area contributed by atoms with Crippen LogP contribution in [0.5, 0.6) is 0 Å². The first kappa shape index (κ1) is 8.76. The predicted octanol–water partition coefficient (Wildman–Crippen LogP) is 2.30. The van der Waals surface area contributed by atoms with Gasteiger partial charge in [-0.15, -0.1) is 0 Å². The Morgan fingerprint density at radius 3 is 2.78 bits per heavy atom. The normalized spacial score (nSPS) is 10.3. The Morgan fingerprint density at radius 2 is 2.22 bits per heavy atom. The second-order valence-electron chi connectivity index (χ2n) is 1.73. The number of hydrogen-bond acceptors (Lipinski definition) is 2. The summed E-state index contributed by atoms with van der Waals surface area (Å²) in [4.78, 5) is 3.86. The highest BCUT2D eigenvalue weighted by Crippen LogP contribution is 1.93. The average molecular weight is 143 g/mol. The van der Waals surface area contributed by atoms with Gasteiger partial charge in [-0.2, -0.15) is 12.6 Å². The van der Waals surface area contributed by atoms with Crippen molar-refractivity contribution in [2.75, 3.05) is 5.75 Å². The van der Waals surface area contributed by atoms with Gasteiger partial charge in [0.15, 0.2) is 0 Å². The molecule has 0 amide bonds. The zero-order valence-corrected chi connectivity index (χ0v) is 6.48. The van der Waals surface area contributed by atoms with Gasteiger partial charge in [0.2, 0.25) is 0 Å². The van der Waals surface area contributed by atoms with Crippen LogP contribution in [0, 0.1) is 0 Å². The van der Waals surface area contributed by atoms with E-state index in [0.717, 1.165) is 12.2 Å². The van der Waals surface area contributed by atoms with E-state index in [1.807, 2.05) is 6.21 Å². The van der Waals surface area contributed by atoms with Crippen molar-refractivity contribution < 1.29 is 0 Å². The van der Waals surface area contributed by atoms with E-state index in [1.165, 1.54) is 12.8 Å². The van der Waals surface area contributed by atoms with Gasteiger partial charge < -0.3 is 0 Å². The van der Waals surface area contributed by atoms with Crippen molar-refractivity contribution in [3.05, 3.63) is 12.8 Å². The lowest BCUT2D eigenvalue weighted by molar-refractivity contribution is 0.854. The van der Waals surface area contributed by atoms with Crippen LogP contribution in [0.15, 0.2) is 17.8 Å². The maximum Gasteiger partial charge on any atom is 0.0191 e. The smallest absolute Gasteiger partial charge is 0.0191 e. The molecule has 2 heteroatoms. The number of hydrogen-bond donors (Lipinski definition) is 1. The fourth-order valence-corrected chi connectivity index (χ4v) is 0.720. The van der Waals surface area contributed by atoms with Gasteiger partial charge in [-0.3, -0.25) is 4.99 Å². The third-order valence-electron chi connectivity index (χ3n) is 0.952. The second-order valence-corrected chi connectivity index (χ2v) is 2.18. The van der Waals surface area contributed by atoms with Crippen LogP contribution < -0.4 is 0 Å². The van der Waals surface area contributed by atoms with Gasteiger partial charge in [-0.05, 0) is 25.0 Å². The maximum atomic E-state index is 4.08. The van der Waals surface area contributed by atoms with Crippen molar-refractivity contribution in [2.45, 2.75) is 19.3 Å². The van der Waals surface area contributed by atoms with Crippen molar-refractivity contribution in [2.24, 2.45) is 4.99 Å². The Balaban J connectivity index is 2.90. The average Bonchev–Trinajstić information content (AvgIpc) is 1.89. The molecule has 0 unspecified atom stereocenters. The molecule has 0 saturated heterocycles. The molecule has 0 heterocycles. The van der Waals surface area contributed by atoms with Crippen molar-refractivity contribution >= 4 is 18.8 Å². The first-order valence-corrected chi connectivity index (χ1v) is 3.78. The van der Waals surface area contributed by atoms with Crippen molar-refractivity contribution in [1.29, 1.82) is 0 Å². The van der Waals surface area contributed by atoms with Gasteiger partial charge in [0.05, 0.1) is 0 Å². The number of rotatable bonds is 5. The van der Waals surface area contributed by atoms with Crippen molar-refractivity contribution in [1.82, 2.24) is 0 Å². The van der Waals surface area contributed by atoms with Gasteiger partial charge >= 0.3 is 0 Å². The lowest BCUT2D eigenvalue weighted by Gasteiger charge is -1.88. The Morgan fingerprint density at radius 1 is 1.44 bits per heavy atom. The highest BCUT2D eigenvalue weighted by molar-refractivity contribution is 7.80. The summed E-state index contributed by atoms with van der Waals surface area (Å²) in [5, 5.41) is 0. The molecule has 0 spiro atoms. The number of aliphatic imine (C=N–C) groups is 1. The van der Waals surface area contributed by atoms with Crippen LogP contribution in [0.25, 0.3) is 0 Å². The molecule has 0 radical (unpaired) electrons. The van der Waals surface area contributed by atoms with Gasteiger partial charge in [0.25, 0.3) is 0 Å². The molecule has 1 nitrogen and oxygen atoms in total. The molecule has 0 N–H and O–H groups in total. The zero-order valence-electron chi connectivity index (χ0n) is 5.58. The van der Waals surface area contributed by atoms with Crippen LogP contribution in [-0.4, -0.2) is 12.0 Å². The molecule has 0 aliphatic heterocycles. The molecule has 0 aromatic heterocycles. The minimum absolute atomic E-state index is 0.974. The van der Waals surface area contributed by atoms with Crippen LogP contribution in [-0.2, 0) is 0 Å². The fourth-order valence-electron chi connectivity index (χ4n) is 0.496. The molecule has 0 aromatic carbocycles. The molecule has 0 aliphatic rings. The number of nitrogens with zero attached hydrogens (tertiary/aromatic N) is 1. The molecule has 9 heavy (non-hydrogen) atoms. The van der Waals surface area contributed by atoms with Crippen LogP contribution in [0.4, 0.5) is 0 Å². The molecule has 0 fully saturated rings. The summed E-state index contributed by atoms with van der Waals surface area (Å²) in [7, 11) is 0. The summed E-state index contributed by atoms with van der Waals surface area (Å²) >= 11 is 4.08. The molecule has 0 aromatic rings. The minimum atomic E-state index is 0.974. The van der Waals surface area contributed by atoms with E-state index >= 15 is 0 Å². The second kappa shape index (κ2) is 7.76. The quantitative estimate of drug-likeness (QED) is 0.344. The monoisotopic (exact) mass is 143 g/mol. The summed E-state index contributed by atoms with van der Waals surface area (Å²) in [6, 6.07) is 0. The molecule has 0 bridgehead atoms. The Hall–Kier alpha value is -0.240. The Labute approximate surface area is 62.3 Å². The van der Waals surface area contributed by atoms with Crippen molar-refractivity contribution in [3.8, 4) is 0 Å². The molecule has 0 rings (SSSR count). The molecule has 52 valence electrons. The fraction of sp³-hybridized carbons (Fsp3) is 0.571. The van der Waals surface area contributed by atoms with Gasteiger partial charge in [-0.25, -0.2) is 0 Å². The molecule has 0 saturated carbocycles. The summed E-state index contributed by atoms with van der Waals surface area (Å²) < 4.78 is 0. The van der Waals surface area contributed by atoms with E-state index < -0.39 is 0 Å². The number of unbranched alkanes of at least 4 members (excludes halogenated alkanes) is 2. The third kappa shape index (κ3) is 7.76. The lowest BCUT2D eigenvalue weighted by atomic mass is 10.3. The topological polar surface area (TPSA) is 12.4 Å². The SMILES string of the molecule is C=CN=CCCCCS. The Kier molecular flexibility index (Phi) is 7.55. The van der Waals surface area contributed by atoms with Crippen LogP contribution in [0.3, 0.4) is 0 Å². The number of thiol groups is 1. The van der Waals surface area contributed by atoms with E-state index in [4.69, 9.17) is 0 Å². The standard InChI is InChI=1S/C7H13NS/c1-2-8-6-4-3-5-7-9/h2,6,9H,1,3-5,7H2. The Bertz CT molecular complexity index is 88.9. The van der Waals surface area contributed by atoms with E-state index in [9.17, 15) is 0 Å². The minimum Gasteiger partial charge on any atom is -0.270 e. The first-order valence-electron chi connectivity index (χ1n) is 3.15. The third-order valence-corrected chi connectivity index (χ3v) is 1.27. The van der Waals surface area contributed by atoms with Gasteiger partial charge in [0.1, 0.15) is 0 Å². The van der Waals surface area contributed by atoms with E-state index in [0.29, 0.717) is 0 Å². The van der Waals surface area contributed by atoms with Crippen LogP contribution in [0.2, 0.25) is 0 Å². The summed E-state index contributed by atoms with van der Waals surface area (Å²) in [6.07, 6.45) is 6.84. The van der Waals surface area contributed by atoms with E-state index in [2.05, 4.69) is 24.2 Å². The van der Waals surface area contributed by atoms with Crippen molar-refractivity contribution in [3.63, 3.8) is 0 Å². The van der Waals surface area contributed by atoms with Gasteiger partial charge in [-0.1, -0.05) is 6.58 Å². The lowest BCUT2D eigenvalue weighted by Crippen LogP contribution is -1.77. The van der Waals surface area contributed by atoms with Crippen LogP contribution in [0.1, 0.15) is 19.3 Å². The highest BCUT2D eigenvalue weighted by atomic mass is 32.1. The maximum absolute atomic E-state index is 4.08. The zero-order chi connectivity index (χ0) is 6.95.